The van der Waals surface area contributed by atoms with Gasteiger partial charge in [-0.2, -0.15) is 5.10 Å². The predicted octanol–water partition coefficient (Wildman–Crippen LogP) is 1.82. The number of nitrogens with two attached hydrogens (primary N) is 1. The summed E-state index contributed by atoms with van der Waals surface area (Å²) in [4.78, 5) is 0. The molecular weight excluding hydrogens is 174 g/mol. The number of rotatable bonds is 5. The summed E-state index contributed by atoms with van der Waals surface area (Å²) in [6.07, 6.45) is 3.94. The van der Waals surface area contributed by atoms with Gasteiger partial charge in [0.1, 0.15) is 0 Å². The molecule has 1 rings (SSSR count). The molecule has 0 spiro atoms. The standard InChI is InChI=1S/C11H21N3/c1-9(2)8-14-11(6-7-13-14)5-4-10(3)12/h6-7,9-10H,4-5,8,12H2,1-3H3/t10-/m1/s1. The van der Waals surface area contributed by atoms with Crippen molar-refractivity contribution in [3.8, 4) is 0 Å². The van der Waals surface area contributed by atoms with Crippen molar-refractivity contribution in [1.82, 2.24) is 9.78 Å². The van der Waals surface area contributed by atoms with Crippen LogP contribution in [0.15, 0.2) is 12.3 Å². The monoisotopic (exact) mass is 195 g/mol. The maximum atomic E-state index is 5.73. The van der Waals surface area contributed by atoms with Crippen LogP contribution in [0.25, 0.3) is 0 Å². The van der Waals surface area contributed by atoms with Crippen molar-refractivity contribution in [2.45, 2.75) is 46.2 Å². The number of hydrogen-bond donors (Lipinski definition) is 1. The fourth-order valence-electron chi connectivity index (χ4n) is 1.46. The van der Waals surface area contributed by atoms with Gasteiger partial charge >= 0.3 is 0 Å². The fourth-order valence-corrected chi connectivity index (χ4v) is 1.46. The lowest BCUT2D eigenvalue weighted by molar-refractivity contribution is 0.463. The Balaban J connectivity index is 2.53. The van der Waals surface area contributed by atoms with Crippen molar-refractivity contribution < 1.29 is 0 Å². The smallest absolute Gasteiger partial charge is 0.0492 e. The zero-order chi connectivity index (χ0) is 10.6. The summed E-state index contributed by atoms with van der Waals surface area (Å²) in [5.41, 5.74) is 7.03. The minimum Gasteiger partial charge on any atom is -0.328 e. The Labute approximate surface area is 86.3 Å². The van der Waals surface area contributed by atoms with E-state index in [1.807, 2.05) is 13.1 Å². The fraction of sp³-hybridized carbons (Fsp3) is 0.727. The van der Waals surface area contributed by atoms with E-state index in [0.717, 1.165) is 19.4 Å². The number of aryl methyl sites for hydroxylation is 1. The van der Waals surface area contributed by atoms with E-state index >= 15 is 0 Å². The van der Waals surface area contributed by atoms with Crippen molar-refractivity contribution in [3.05, 3.63) is 18.0 Å². The van der Waals surface area contributed by atoms with Gasteiger partial charge in [-0.25, -0.2) is 0 Å². The van der Waals surface area contributed by atoms with E-state index in [1.165, 1.54) is 5.69 Å². The van der Waals surface area contributed by atoms with Crippen LogP contribution in [0.1, 0.15) is 32.9 Å². The highest BCUT2D eigenvalue weighted by molar-refractivity contribution is 5.01. The predicted molar refractivity (Wildman–Crippen MR) is 59.0 cm³/mol. The third-order valence-electron chi connectivity index (χ3n) is 2.20. The molecule has 0 bridgehead atoms. The Morgan fingerprint density at radius 2 is 2.14 bits per heavy atom. The number of aromatic nitrogens is 2. The van der Waals surface area contributed by atoms with Crippen molar-refractivity contribution in [2.24, 2.45) is 11.7 Å². The molecule has 0 aliphatic rings. The highest BCUT2D eigenvalue weighted by Crippen LogP contribution is 2.07. The van der Waals surface area contributed by atoms with E-state index in [0.29, 0.717) is 5.92 Å². The molecule has 0 amide bonds. The van der Waals surface area contributed by atoms with Gasteiger partial charge in [0.25, 0.3) is 0 Å². The molecule has 0 saturated carbocycles. The van der Waals surface area contributed by atoms with Gasteiger partial charge in [0.05, 0.1) is 0 Å². The lowest BCUT2D eigenvalue weighted by Crippen LogP contribution is -2.17. The van der Waals surface area contributed by atoms with Gasteiger partial charge in [0.2, 0.25) is 0 Å². The van der Waals surface area contributed by atoms with Crippen molar-refractivity contribution in [2.75, 3.05) is 0 Å². The molecule has 14 heavy (non-hydrogen) atoms. The Bertz CT molecular complexity index is 263. The molecular formula is C11H21N3. The summed E-state index contributed by atoms with van der Waals surface area (Å²) in [6, 6.07) is 2.36. The highest BCUT2D eigenvalue weighted by atomic mass is 15.3. The first-order valence-corrected chi connectivity index (χ1v) is 5.36. The van der Waals surface area contributed by atoms with E-state index in [1.54, 1.807) is 0 Å². The maximum absolute atomic E-state index is 5.73. The van der Waals surface area contributed by atoms with Gasteiger partial charge in [-0.3, -0.25) is 4.68 Å². The summed E-state index contributed by atoms with van der Waals surface area (Å²) in [6.45, 7) is 7.46. The second-order valence-corrected chi connectivity index (χ2v) is 4.41. The van der Waals surface area contributed by atoms with Gasteiger partial charge in [0, 0.05) is 24.5 Å². The molecule has 1 aromatic rings. The summed E-state index contributed by atoms with van der Waals surface area (Å²) in [5, 5.41) is 4.31. The maximum Gasteiger partial charge on any atom is 0.0492 e. The van der Waals surface area contributed by atoms with Crippen LogP contribution in [0.2, 0.25) is 0 Å². The molecule has 0 unspecified atom stereocenters. The van der Waals surface area contributed by atoms with Gasteiger partial charge in [-0.15, -0.1) is 0 Å². The van der Waals surface area contributed by atoms with E-state index in [4.69, 9.17) is 5.73 Å². The van der Waals surface area contributed by atoms with Crippen LogP contribution < -0.4 is 5.73 Å². The zero-order valence-corrected chi connectivity index (χ0v) is 9.40. The molecule has 0 fully saturated rings. The van der Waals surface area contributed by atoms with E-state index in [-0.39, 0.29) is 6.04 Å². The van der Waals surface area contributed by atoms with Crippen molar-refractivity contribution >= 4 is 0 Å². The normalized spacial score (nSPS) is 13.5. The number of hydrogen-bond acceptors (Lipinski definition) is 2. The van der Waals surface area contributed by atoms with Gasteiger partial charge in [-0.1, -0.05) is 13.8 Å². The summed E-state index contributed by atoms with van der Waals surface area (Å²) < 4.78 is 2.09. The minimum absolute atomic E-state index is 0.275. The SMILES string of the molecule is CC(C)Cn1nccc1CC[C@@H](C)N. The van der Waals surface area contributed by atoms with Crippen LogP contribution in [0.5, 0.6) is 0 Å². The van der Waals surface area contributed by atoms with Crippen LogP contribution in [-0.2, 0) is 13.0 Å². The molecule has 1 aromatic heterocycles. The first-order valence-electron chi connectivity index (χ1n) is 5.36. The molecule has 80 valence electrons. The first-order chi connectivity index (χ1) is 6.59. The van der Waals surface area contributed by atoms with Crippen molar-refractivity contribution in [1.29, 1.82) is 0 Å². The molecule has 0 radical (unpaired) electrons. The summed E-state index contributed by atoms with van der Waals surface area (Å²) in [7, 11) is 0. The lowest BCUT2D eigenvalue weighted by Gasteiger charge is -2.10. The Morgan fingerprint density at radius 3 is 2.71 bits per heavy atom. The van der Waals surface area contributed by atoms with E-state index in [9.17, 15) is 0 Å². The van der Waals surface area contributed by atoms with E-state index < -0.39 is 0 Å². The Hall–Kier alpha value is -0.830. The van der Waals surface area contributed by atoms with Gasteiger partial charge in [-0.05, 0) is 31.7 Å². The summed E-state index contributed by atoms with van der Waals surface area (Å²) in [5.74, 6) is 0.643. The average molecular weight is 195 g/mol. The molecule has 0 aromatic carbocycles. The van der Waals surface area contributed by atoms with E-state index in [2.05, 4.69) is 29.7 Å². The third kappa shape index (κ3) is 3.50. The largest absolute Gasteiger partial charge is 0.328 e. The van der Waals surface area contributed by atoms with Crippen LogP contribution in [0, 0.1) is 5.92 Å². The number of nitrogens with zero attached hydrogens (tertiary/aromatic N) is 2. The topological polar surface area (TPSA) is 43.8 Å². The Morgan fingerprint density at radius 1 is 1.43 bits per heavy atom. The second kappa shape index (κ2) is 5.15. The van der Waals surface area contributed by atoms with Crippen LogP contribution >= 0.6 is 0 Å². The zero-order valence-electron chi connectivity index (χ0n) is 9.40. The molecule has 0 aliphatic carbocycles. The lowest BCUT2D eigenvalue weighted by atomic mass is 10.1. The minimum atomic E-state index is 0.275. The Kier molecular flexibility index (Phi) is 4.14. The van der Waals surface area contributed by atoms with Crippen LogP contribution in [-0.4, -0.2) is 15.8 Å². The second-order valence-electron chi connectivity index (χ2n) is 4.41. The molecule has 1 heterocycles. The quantitative estimate of drug-likeness (QED) is 0.779. The molecule has 0 saturated heterocycles. The highest BCUT2D eigenvalue weighted by Gasteiger charge is 2.05. The summed E-state index contributed by atoms with van der Waals surface area (Å²) >= 11 is 0. The van der Waals surface area contributed by atoms with Crippen LogP contribution in [0.4, 0.5) is 0 Å². The molecule has 3 nitrogen and oxygen atoms in total. The third-order valence-corrected chi connectivity index (χ3v) is 2.20. The van der Waals surface area contributed by atoms with Gasteiger partial charge < -0.3 is 5.73 Å². The molecule has 3 heteroatoms. The molecule has 2 N–H and O–H groups in total. The van der Waals surface area contributed by atoms with Crippen molar-refractivity contribution in [3.63, 3.8) is 0 Å². The average Bonchev–Trinajstić information content (AvgIpc) is 2.47. The molecule has 0 aliphatic heterocycles. The first kappa shape index (κ1) is 11.2. The molecule has 1 atom stereocenters. The van der Waals surface area contributed by atoms with Crippen LogP contribution in [0.3, 0.4) is 0 Å². The van der Waals surface area contributed by atoms with Gasteiger partial charge in [0.15, 0.2) is 0 Å².